The van der Waals surface area contributed by atoms with Crippen LogP contribution in [-0.4, -0.2) is 19.8 Å². The molecule has 0 aliphatic heterocycles. The molecule has 0 aliphatic carbocycles. The molecule has 0 saturated carbocycles. The van der Waals surface area contributed by atoms with Gasteiger partial charge in [0.15, 0.2) is 0 Å². The molecule has 0 bridgehead atoms. The fraction of sp³-hybridized carbons (Fsp3) is 0.500. The summed E-state index contributed by atoms with van der Waals surface area (Å²) in [5.41, 5.74) is 1.32. The number of nitrogens with one attached hydrogen (secondary N) is 1. The topological polar surface area (TPSA) is 21.3 Å². The fourth-order valence-corrected chi connectivity index (χ4v) is 1.56. The lowest BCUT2D eigenvalue weighted by Gasteiger charge is -2.19. The molecule has 0 aromatic heterocycles. The van der Waals surface area contributed by atoms with Crippen molar-refractivity contribution in [3.63, 3.8) is 0 Å². The first-order chi connectivity index (χ1) is 6.74. The van der Waals surface area contributed by atoms with Crippen LogP contribution < -0.4 is 5.32 Å². The van der Waals surface area contributed by atoms with Crippen molar-refractivity contribution in [1.82, 2.24) is 5.32 Å². The Labute approximate surface area is 86.3 Å². The Morgan fingerprint density at radius 3 is 2.43 bits per heavy atom. The molecule has 0 heterocycles. The lowest BCUT2D eigenvalue weighted by Crippen LogP contribution is -2.32. The second-order valence-corrected chi connectivity index (χ2v) is 3.66. The highest BCUT2D eigenvalue weighted by molar-refractivity contribution is 5.18. The van der Waals surface area contributed by atoms with Gasteiger partial charge in [0.25, 0.3) is 0 Å². The number of hydrogen-bond donors (Lipinski definition) is 1. The molecule has 2 atom stereocenters. The normalized spacial score (nSPS) is 15.1. The van der Waals surface area contributed by atoms with Gasteiger partial charge >= 0.3 is 0 Å². The van der Waals surface area contributed by atoms with E-state index in [1.165, 1.54) is 5.56 Å². The number of hydrogen-bond acceptors (Lipinski definition) is 2. The van der Waals surface area contributed by atoms with Crippen LogP contribution in [0.3, 0.4) is 0 Å². The van der Waals surface area contributed by atoms with Gasteiger partial charge in [-0.15, -0.1) is 0 Å². The summed E-state index contributed by atoms with van der Waals surface area (Å²) < 4.78 is 5.08. The van der Waals surface area contributed by atoms with E-state index < -0.39 is 0 Å². The SMILES string of the molecule is COCC(C)N[C@H](C)c1ccccc1. The van der Waals surface area contributed by atoms with Crippen LogP contribution in [0.25, 0.3) is 0 Å². The lowest BCUT2D eigenvalue weighted by molar-refractivity contribution is 0.168. The quantitative estimate of drug-likeness (QED) is 0.775. The van der Waals surface area contributed by atoms with Gasteiger partial charge in [0.2, 0.25) is 0 Å². The number of rotatable bonds is 5. The van der Waals surface area contributed by atoms with Gasteiger partial charge < -0.3 is 10.1 Å². The molecule has 1 aromatic rings. The molecule has 14 heavy (non-hydrogen) atoms. The minimum absolute atomic E-state index is 0.376. The zero-order chi connectivity index (χ0) is 10.4. The molecule has 0 spiro atoms. The standard InChI is InChI=1S/C12H19NO/c1-10(9-14-3)13-11(2)12-7-5-4-6-8-12/h4-8,10-11,13H,9H2,1-3H3/t10?,11-/m1/s1. The van der Waals surface area contributed by atoms with Crippen LogP contribution in [-0.2, 0) is 4.74 Å². The fourth-order valence-electron chi connectivity index (χ4n) is 1.56. The van der Waals surface area contributed by atoms with Crippen molar-refractivity contribution in [2.45, 2.75) is 25.9 Å². The summed E-state index contributed by atoms with van der Waals surface area (Å²) in [4.78, 5) is 0. The highest BCUT2D eigenvalue weighted by atomic mass is 16.5. The molecule has 78 valence electrons. The monoisotopic (exact) mass is 193 g/mol. The summed E-state index contributed by atoms with van der Waals surface area (Å²) in [6, 6.07) is 11.2. The van der Waals surface area contributed by atoms with Crippen molar-refractivity contribution in [3.8, 4) is 0 Å². The predicted octanol–water partition coefficient (Wildman–Crippen LogP) is 2.37. The third kappa shape index (κ3) is 3.48. The summed E-state index contributed by atoms with van der Waals surface area (Å²) in [6.07, 6.45) is 0. The van der Waals surface area contributed by atoms with Crippen LogP contribution >= 0.6 is 0 Å². The van der Waals surface area contributed by atoms with Gasteiger partial charge in [0, 0.05) is 19.2 Å². The Balaban J connectivity index is 2.46. The Morgan fingerprint density at radius 1 is 1.21 bits per heavy atom. The molecule has 1 N–H and O–H groups in total. The summed E-state index contributed by atoms with van der Waals surface area (Å²) in [5.74, 6) is 0. The van der Waals surface area contributed by atoms with Gasteiger partial charge in [-0.05, 0) is 19.4 Å². The van der Waals surface area contributed by atoms with E-state index in [0.717, 1.165) is 6.61 Å². The molecule has 0 saturated heterocycles. The van der Waals surface area contributed by atoms with Crippen LogP contribution in [0.2, 0.25) is 0 Å². The van der Waals surface area contributed by atoms with Crippen molar-refractivity contribution in [3.05, 3.63) is 35.9 Å². The molecule has 1 rings (SSSR count). The van der Waals surface area contributed by atoms with Crippen LogP contribution in [0, 0.1) is 0 Å². The Morgan fingerprint density at radius 2 is 1.86 bits per heavy atom. The third-order valence-corrected chi connectivity index (χ3v) is 2.25. The van der Waals surface area contributed by atoms with Crippen LogP contribution in [0.1, 0.15) is 25.5 Å². The minimum atomic E-state index is 0.376. The first-order valence-corrected chi connectivity index (χ1v) is 5.04. The zero-order valence-corrected chi connectivity index (χ0v) is 9.16. The highest BCUT2D eigenvalue weighted by Gasteiger charge is 2.07. The van der Waals surface area contributed by atoms with Crippen LogP contribution in [0.4, 0.5) is 0 Å². The lowest BCUT2D eigenvalue weighted by atomic mass is 10.1. The molecule has 1 aromatic carbocycles. The van der Waals surface area contributed by atoms with Crippen molar-refractivity contribution in [2.24, 2.45) is 0 Å². The summed E-state index contributed by atoms with van der Waals surface area (Å²) in [5, 5.41) is 3.47. The first kappa shape index (κ1) is 11.2. The van der Waals surface area contributed by atoms with Crippen LogP contribution in [0.15, 0.2) is 30.3 Å². The van der Waals surface area contributed by atoms with Gasteiger partial charge in [-0.25, -0.2) is 0 Å². The van der Waals surface area contributed by atoms with E-state index in [-0.39, 0.29) is 0 Å². The van der Waals surface area contributed by atoms with E-state index in [1.54, 1.807) is 7.11 Å². The third-order valence-electron chi connectivity index (χ3n) is 2.25. The molecular formula is C12H19NO. The van der Waals surface area contributed by atoms with E-state index in [4.69, 9.17) is 4.74 Å². The molecule has 0 aliphatic rings. The second kappa shape index (κ2) is 5.78. The predicted molar refractivity (Wildman–Crippen MR) is 59.3 cm³/mol. The molecule has 0 amide bonds. The smallest absolute Gasteiger partial charge is 0.0613 e. The summed E-state index contributed by atoms with van der Waals surface area (Å²) in [6.45, 7) is 5.04. The Kier molecular flexibility index (Phi) is 4.63. The van der Waals surface area contributed by atoms with E-state index in [9.17, 15) is 0 Å². The Hall–Kier alpha value is -0.860. The minimum Gasteiger partial charge on any atom is -0.383 e. The van der Waals surface area contributed by atoms with Gasteiger partial charge in [0.1, 0.15) is 0 Å². The van der Waals surface area contributed by atoms with Gasteiger partial charge in [-0.2, -0.15) is 0 Å². The molecule has 0 radical (unpaired) electrons. The van der Waals surface area contributed by atoms with E-state index >= 15 is 0 Å². The molecule has 0 fully saturated rings. The van der Waals surface area contributed by atoms with Crippen molar-refractivity contribution in [2.75, 3.05) is 13.7 Å². The van der Waals surface area contributed by atoms with E-state index in [1.807, 2.05) is 6.07 Å². The number of benzene rings is 1. The average molecular weight is 193 g/mol. The number of ether oxygens (including phenoxy) is 1. The first-order valence-electron chi connectivity index (χ1n) is 5.04. The van der Waals surface area contributed by atoms with E-state index in [0.29, 0.717) is 12.1 Å². The second-order valence-electron chi connectivity index (χ2n) is 3.66. The maximum atomic E-state index is 5.08. The molecule has 1 unspecified atom stereocenters. The Bertz CT molecular complexity index is 248. The zero-order valence-electron chi connectivity index (χ0n) is 9.16. The largest absolute Gasteiger partial charge is 0.383 e. The van der Waals surface area contributed by atoms with Gasteiger partial charge in [-0.1, -0.05) is 30.3 Å². The summed E-state index contributed by atoms with van der Waals surface area (Å²) >= 11 is 0. The van der Waals surface area contributed by atoms with Crippen molar-refractivity contribution in [1.29, 1.82) is 0 Å². The van der Waals surface area contributed by atoms with Gasteiger partial charge in [0.05, 0.1) is 6.61 Å². The number of methoxy groups -OCH3 is 1. The maximum absolute atomic E-state index is 5.08. The molecular weight excluding hydrogens is 174 g/mol. The molecule has 2 nitrogen and oxygen atoms in total. The maximum Gasteiger partial charge on any atom is 0.0613 e. The van der Waals surface area contributed by atoms with Gasteiger partial charge in [-0.3, -0.25) is 0 Å². The van der Waals surface area contributed by atoms with Crippen molar-refractivity contribution >= 4 is 0 Å². The van der Waals surface area contributed by atoms with Crippen LogP contribution in [0.5, 0.6) is 0 Å². The highest BCUT2D eigenvalue weighted by Crippen LogP contribution is 2.11. The average Bonchev–Trinajstić information content (AvgIpc) is 2.19. The molecule has 2 heteroatoms. The van der Waals surface area contributed by atoms with E-state index in [2.05, 4.69) is 43.4 Å². The van der Waals surface area contributed by atoms with Crippen molar-refractivity contribution < 1.29 is 4.74 Å². The summed E-state index contributed by atoms with van der Waals surface area (Å²) in [7, 11) is 1.73.